The number of anilines is 3. The molecule has 0 radical (unpaired) electrons. The van der Waals surface area contributed by atoms with Crippen LogP contribution in [0.5, 0.6) is 0 Å². The number of pyridine rings is 1. The minimum atomic E-state index is -0.528. The van der Waals surface area contributed by atoms with Crippen LogP contribution in [0.25, 0.3) is 0 Å². The van der Waals surface area contributed by atoms with E-state index in [4.69, 9.17) is 24.4 Å². The molecule has 1 atom stereocenters. The molecular formula is C31H37N7O4. The first-order valence-electron chi connectivity index (χ1n) is 14.5. The summed E-state index contributed by atoms with van der Waals surface area (Å²) in [5, 5.41) is 16.9. The smallest absolute Gasteiger partial charge is 0.256 e. The van der Waals surface area contributed by atoms with Crippen LogP contribution >= 0.6 is 0 Å². The van der Waals surface area contributed by atoms with E-state index in [0.717, 1.165) is 30.5 Å². The lowest BCUT2D eigenvalue weighted by Crippen LogP contribution is -2.39. The Bertz CT molecular complexity index is 1490. The van der Waals surface area contributed by atoms with Crippen molar-refractivity contribution in [2.75, 3.05) is 43.6 Å². The Balaban J connectivity index is 1.33. The van der Waals surface area contributed by atoms with Crippen molar-refractivity contribution in [1.29, 1.82) is 0 Å². The fraction of sp³-hybridized carbons (Fsp3) is 0.452. The Hall–Kier alpha value is -4.09. The fourth-order valence-electron chi connectivity index (χ4n) is 5.84. The van der Waals surface area contributed by atoms with Crippen LogP contribution in [-0.4, -0.2) is 75.3 Å². The predicted octanol–water partition coefficient (Wildman–Crippen LogP) is 4.19. The van der Waals surface area contributed by atoms with E-state index in [1.165, 1.54) is 0 Å². The second-order valence-corrected chi connectivity index (χ2v) is 11.5. The molecule has 3 N–H and O–H groups in total. The predicted molar refractivity (Wildman–Crippen MR) is 159 cm³/mol. The van der Waals surface area contributed by atoms with Crippen molar-refractivity contribution in [1.82, 2.24) is 19.9 Å². The van der Waals surface area contributed by atoms with Gasteiger partial charge in [-0.1, -0.05) is 37.3 Å². The number of aliphatic hydroxyl groups is 1. The molecule has 1 amide bonds. The van der Waals surface area contributed by atoms with Crippen molar-refractivity contribution >= 4 is 29.4 Å². The van der Waals surface area contributed by atoms with Gasteiger partial charge in [-0.3, -0.25) is 4.79 Å². The Morgan fingerprint density at radius 3 is 2.60 bits per heavy atom. The number of nitrogens with zero attached hydrogens (tertiary/aromatic N) is 5. The Kier molecular flexibility index (Phi) is 7.54. The standard InChI is InChI=1S/C31H37N7O4/c1-4-14-38-28(40)21-10-11-24(34-25(21)30(38,2)3)35-29-32-17-22(27-37-31(19-42-27)12-15-41-16-13-31)26(36-29)33-23(18-39)20-8-6-5-7-9-20/h5-11,17,23,39H,4,12-16,18-19H2,1-3H3,(H2,32,33,34,35,36)/t23-/m1/s1. The van der Waals surface area contributed by atoms with Gasteiger partial charge in [-0.05, 0) is 50.8 Å². The zero-order valence-corrected chi connectivity index (χ0v) is 24.3. The number of carbonyl (C=O) groups excluding carboxylic acids is 1. The van der Waals surface area contributed by atoms with E-state index in [1.54, 1.807) is 12.3 Å². The largest absolute Gasteiger partial charge is 0.475 e. The van der Waals surface area contributed by atoms with Gasteiger partial charge < -0.3 is 30.1 Å². The zero-order valence-electron chi connectivity index (χ0n) is 24.3. The van der Waals surface area contributed by atoms with Crippen LogP contribution in [0.4, 0.5) is 17.6 Å². The molecule has 2 aromatic heterocycles. The highest BCUT2D eigenvalue weighted by molar-refractivity contribution is 6.00. The van der Waals surface area contributed by atoms with Gasteiger partial charge in [0.25, 0.3) is 5.91 Å². The van der Waals surface area contributed by atoms with Crippen LogP contribution in [0, 0.1) is 0 Å². The molecule has 1 saturated heterocycles. The molecule has 11 heteroatoms. The topological polar surface area (TPSA) is 134 Å². The molecule has 0 saturated carbocycles. The SMILES string of the molecule is CCCN1C(=O)c2ccc(Nc3ncc(C4=NC5(CCOCC5)CO4)c(N[C@H](CO)c4ccccc4)n3)nc2C1(C)C. The van der Waals surface area contributed by atoms with Crippen LogP contribution in [0.3, 0.4) is 0 Å². The van der Waals surface area contributed by atoms with Gasteiger partial charge in [-0.25, -0.2) is 15.0 Å². The molecule has 1 fully saturated rings. The van der Waals surface area contributed by atoms with Crippen LogP contribution in [-0.2, 0) is 15.0 Å². The number of aromatic nitrogens is 3. The van der Waals surface area contributed by atoms with Crippen molar-refractivity contribution in [2.24, 2.45) is 4.99 Å². The average molecular weight is 572 g/mol. The normalized spacial score (nSPS) is 19.3. The van der Waals surface area contributed by atoms with E-state index >= 15 is 0 Å². The molecule has 1 spiro atoms. The molecule has 11 nitrogen and oxygen atoms in total. The number of rotatable bonds is 9. The third-order valence-corrected chi connectivity index (χ3v) is 8.27. The number of hydrogen-bond donors (Lipinski definition) is 3. The van der Waals surface area contributed by atoms with Gasteiger partial charge in [0, 0.05) is 26.0 Å². The lowest BCUT2D eigenvalue weighted by atomic mass is 9.92. The molecule has 220 valence electrons. The second-order valence-electron chi connectivity index (χ2n) is 11.5. The summed E-state index contributed by atoms with van der Waals surface area (Å²) in [6.07, 6.45) is 4.13. The van der Waals surface area contributed by atoms with E-state index in [-0.39, 0.29) is 18.1 Å². The number of aliphatic imine (C=N–C) groups is 1. The van der Waals surface area contributed by atoms with E-state index in [9.17, 15) is 9.90 Å². The molecule has 3 aromatic rings. The van der Waals surface area contributed by atoms with E-state index in [0.29, 0.717) is 61.0 Å². The number of hydrogen-bond acceptors (Lipinski definition) is 10. The molecular weight excluding hydrogens is 534 g/mol. The lowest BCUT2D eigenvalue weighted by Gasteiger charge is -2.31. The molecule has 1 aromatic carbocycles. The van der Waals surface area contributed by atoms with Crippen molar-refractivity contribution in [3.63, 3.8) is 0 Å². The van der Waals surface area contributed by atoms with Crippen molar-refractivity contribution in [3.8, 4) is 0 Å². The number of ether oxygens (including phenoxy) is 2. The summed E-state index contributed by atoms with van der Waals surface area (Å²) in [6.45, 7) is 8.40. The monoisotopic (exact) mass is 571 g/mol. The van der Waals surface area contributed by atoms with Gasteiger partial charge >= 0.3 is 0 Å². The van der Waals surface area contributed by atoms with Crippen LogP contribution in [0.1, 0.15) is 73.3 Å². The molecule has 0 bridgehead atoms. The second kappa shape index (κ2) is 11.3. The molecule has 0 aliphatic carbocycles. The summed E-state index contributed by atoms with van der Waals surface area (Å²) in [7, 11) is 0. The fourth-order valence-corrected chi connectivity index (χ4v) is 5.84. The van der Waals surface area contributed by atoms with Crippen LogP contribution < -0.4 is 10.6 Å². The average Bonchev–Trinajstić information content (AvgIpc) is 3.48. The highest BCUT2D eigenvalue weighted by Gasteiger charge is 2.44. The maximum absolute atomic E-state index is 13.0. The molecule has 3 aliphatic heterocycles. The summed E-state index contributed by atoms with van der Waals surface area (Å²) >= 11 is 0. The number of amides is 1. The summed E-state index contributed by atoms with van der Waals surface area (Å²) in [5.74, 6) is 1.79. The highest BCUT2D eigenvalue weighted by atomic mass is 16.5. The minimum absolute atomic E-state index is 0.00131. The van der Waals surface area contributed by atoms with Gasteiger partial charge in [0.15, 0.2) is 0 Å². The first-order valence-corrected chi connectivity index (χ1v) is 14.5. The first-order chi connectivity index (χ1) is 20.3. The Morgan fingerprint density at radius 2 is 1.86 bits per heavy atom. The van der Waals surface area contributed by atoms with Gasteiger partial charge in [0.1, 0.15) is 23.8 Å². The zero-order chi connectivity index (χ0) is 29.3. The summed E-state index contributed by atoms with van der Waals surface area (Å²) in [4.78, 5) is 34.1. The number of nitrogens with one attached hydrogen (secondary N) is 2. The minimum Gasteiger partial charge on any atom is -0.475 e. The van der Waals surface area contributed by atoms with Gasteiger partial charge in [0.2, 0.25) is 11.8 Å². The lowest BCUT2D eigenvalue weighted by molar-refractivity contribution is 0.0442. The third-order valence-electron chi connectivity index (χ3n) is 8.27. The van der Waals surface area contributed by atoms with Gasteiger partial charge in [-0.15, -0.1) is 0 Å². The molecule has 3 aliphatic rings. The van der Waals surface area contributed by atoms with Crippen molar-refractivity contribution in [2.45, 2.75) is 57.2 Å². The number of fused-ring (bicyclic) bond motifs is 1. The van der Waals surface area contributed by atoms with Crippen LogP contribution in [0.15, 0.2) is 53.7 Å². The van der Waals surface area contributed by atoms with Gasteiger partial charge in [-0.2, -0.15) is 4.98 Å². The molecule has 0 unspecified atom stereocenters. The van der Waals surface area contributed by atoms with Crippen molar-refractivity contribution in [3.05, 3.63) is 71.0 Å². The van der Waals surface area contributed by atoms with E-state index in [2.05, 4.69) is 22.5 Å². The van der Waals surface area contributed by atoms with Crippen molar-refractivity contribution < 1.29 is 19.4 Å². The Labute approximate surface area is 245 Å². The summed E-state index contributed by atoms with van der Waals surface area (Å²) in [6, 6.07) is 12.9. The molecule has 6 rings (SSSR count). The third kappa shape index (κ3) is 5.18. The maximum Gasteiger partial charge on any atom is 0.256 e. The number of benzene rings is 1. The van der Waals surface area contributed by atoms with E-state index < -0.39 is 11.6 Å². The van der Waals surface area contributed by atoms with Gasteiger partial charge in [0.05, 0.1) is 35.0 Å². The summed E-state index contributed by atoms with van der Waals surface area (Å²) < 4.78 is 11.7. The quantitative estimate of drug-likeness (QED) is 0.346. The molecule has 42 heavy (non-hydrogen) atoms. The summed E-state index contributed by atoms with van der Waals surface area (Å²) in [5.41, 5.74) is 2.03. The molecule has 5 heterocycles. The van der Waals surface area contributed by atoms with E-state index in [1.807, 2.05) is 55.1 Å². The number of carbonyl (C=O) groups is 1. The first kappa shape index (κ1) is 28.0. The number of aliphatic hydroxyl groups excluding tert-OH is 1. The highest BCUT2D eigenvalue weighted by Crippen LogP contribution is 2.38. The Morgan fingerprint density at radius 1 is 1.07 bits per heavy atom. The van der Waals surface area contributed by atoms with Crippen LogP contribution in [0.2, 0.25) is 0 Å². The maximum atomic E-state index is 13.0.